The van der Waals surface area contributed by atoms with Gasteiger partial charge in [-0.05, 0) is 21.9 Å². The first-order valence-corrected chi connectivity index (χ1v) is 9.37. The second-order valence-corrected chi connectivity index (χ2v) is 7.54. The molecule has 1 atom stereocenters. The lowest BCUT2D eigenvalue weighted by Gasteiger charge is -2.26. The minimum Gasteiger partial charge on any atom is -0.365 e. The Balaban J connectivity index is 1.87. The number of primary amides is 1. The summed E-state index contributed by atoms with van der Waals surface area (Å²) in [5.74, 6) is 0.812. The quantitative estimate of drug-likeness (QED) is 0.810. The van der Waals surface area contributed by atoms with E-state index in [2.05, 4.69) is 22.4 Å². The molecule has 2 aliphatic heterocycles. The fourth-order valence-corrected chi connectivity index (χ4v) is 4.99. The summed E-state index contributed by atoms with van der Waals surface area (Å²) in [6, 6.07) is 10.3. The van der Waals surface area contributed by atoms with Gasteiger partial charge < -0.3 is 11.1 Å². The maximum Gasteiger partial charge on any atom is 0.283 e. The monoisotopic (exact) mass is 349 g/mol. The molecular weight excluding hydrogens is 334 g/mol. The van der Waals surface area contributed by atoms with E-state index in [-0.39, 0.29) is 11.6 Å². The van der Waals surface area contributed by atoms with Crippen LogP contribution in [-0.4, -0.2) is 35.6 Å². The molecule has 1 fully saturated rings. The van der Waals surface area contributed by atoms with Gasteiger partial charge in [0.2, 0.25) is 0 Å². The first-order chi connectivity index (χ1) is 12.2. The number of hydrogen-bond donors (Lipinski definition) is 2. The maximum atomic E-state index is 12.3. The highest BCUT2D eigenvalue weighted by molar-refractivity contribution is 7.99. The van der Waals surface area contributed by atoms with Gasteiger partial charge in [0.25, 0.3) is 11.8 Å². The maximum absolute atomic E-state index is 12.3. The van der Waals surface area contributed by atoms with Crippen molar-refractivity contribution in [3.63, 3.8) is 0 Å². The number of nitrogens with one attached hydrogen (secondary N) is 1. The van der Waals surface area contributed by atoms with Gasteiger partial charge in [-0.2, -0.15) is 11.8 Å². The highest BCUT2D eigenvalue weighted by Gasteiger charge is 2.40. The lowest BCUT2D eigenvalue weighted by molar-refractivity contribution is -0.119. The zero-order valence-electron chi connectivity index (χ0n) is 13.3. The Morgan fingerprint density at radius 1 is 1.28 bits per heavy atom. The molecule has 5 rings (SSSR count). The van der Waals surface area contributed by atoms with Crippen molar-refractivity contribution < 1.29 is 9.59 Å². The van der Waals surface area contributed by atoms with Crippen LogP contribution >= 0.6 is 11.8 Å². The normalized spacial score (nSPS) is 21.7. The fourth-order valence-electron chi connectivity index (χ4n) is 4.02. The van der Waals surface area contributed by atoms with Crippen molar-refractivity contribution >= 4 is 45.6 Å². The third kappa shape index (κ3) is 1.98. The Morgan fingerprint density at radius 3 is 2.92 bits per heavy atom. The molecule has 0 radical (unpaired) electrons. The summed E-state index contributed by atoms with van der Waals surface area (Å²) in [6.07, 6.45) is 0. The number of aliphatic imine (C=N–C) groups is 1. The molecule has 0 spiro atoms. The number of benzene rings is 2. The van der Waals surface area contributed by atoms with E-state index in [1.165, 1.54) is 0 Å². The standard InChI is InChI=1S/C19H15N3O2S/c20-18(23)16-15-14-10(12-8-25-7-6-21-12)5-4-9-2-1-3-11(13(9)14)17(15)22-19(16)24/h1-5,12,21H,6-8H2,(H2,20,23). The van der Waals surface area contributed by atoms with Crippen molar-refractivity contribution in [1.29, 1.82) is 0 Å². The van der Waals surface area contributed by atoms with Gasteiger partial charge >= 0.3 is 0 Å². The van der Waals surface area contributed by atoms with E-state index in [0.717, 1.165) is 45.5 Å². The van der Waals surface area contributed by atoms with Crippen LogP contribution < -0.4 is 11.1 Å². The van der Waals surface area contributed by atoms with Gasteiger partial charge in [0.15, 0.2) is 0 Å². The lowest BCUT2D eigenvalue weighted by Crippen LogP contribution is -2.31. The lowest BCUT2D eigenvalue weighted by atomic mass is 9.92. The van der Waals surface area contributed by atoms with Crippen molar-refractivity contribution in [2.75, 3.05) is 18.1 Å². The van der Waals surface area contributed by atoms with Gasteiger partial charge in [-0.25, -0.2) is 4.99 Å². The summed E-state index contributed by atoms with van der Waals surface area (Å²) < 4.78 is 0. The predicted molar refractivity (Wildman–Crippen MR) is 99.7 cm³/mol. The molecule has 2 aromatic carbocycles. The van der Waals surface area contributed by atoms with E-state index in [1.807, 2.05) is 30.0 Å². The summed E-state index contributed by atoms with van der Waals surface area (Å²) >= 11 is 1.90. The van der Waals surface area contributed by atoms with Gasteiger partial charge in [0.05, 0.1) is 5.71 Å². The molecule has 124 valence electrons. The van der Waals surface area contributed by atoms with E-state index in [0.29, 0.717) is 11.3 Å². The van der Waals surface area contributed by atoms with Crippen LogP contribution in [0.3, 0.4) is 0 Å². The second kappa shape index (κ2) is 5.28. The van der Waals surface area contributed by atoms with Crippen LogP contribution in [0.2, 0.25) is 0 Å². The minimum absolute atomic E-state index is 0.0170. The Morgan fingerprint density at radius 2 is 2.16 bits per heavy atom. The van der Waals surface area contributed by atoms with E-state index in [1.54, 1.807) is 0 Å². The molecule has 1 saturated heterocycles. The number of hydrogen-bond acceptors (Lipinski definition) is 4. The van der Waals surface area contributed by atoms with E-state index >= 15 is 0 Å². The van der Waals surface area contributed by atoms with Crippen molar-refractivity contribution in [1.82, 2.24) is 5.32 Å². The summed E-state index contributed by atoms with van der Waals surface area (Å²) in [5, 5.41) is 5.70. The minimum atomic E-state index is -0.708. The molecule has 2 amide bonds. The number of rotatable bonds is 2. The van der Waals surface area contributed by atoms with Gasteiger partial charge in [-0.3, -0.25) is 9.59 Å². The van der Waals surface area contributed by atoms with Crippen LogP contribution in [0.5, 0.6) is 0 Å². The largest absolute Gasteiger partial charge is 0.365 e. The molecule has 6 heteroatoms. The van der Waals surface area contributed by atoms with Gasteiger partial charge in [0, 0.05) is 35.2 Å². The number of carbonyl (C=O) groups is 2. The number of nitrogens with zero attached hydrogens (tertiary/aromatic N) is 1. The molecule has 0 saturated carbocycles. The zero-order valence-corrected chi connectivity index (χ0v) is 14.2. The molecule has 2 heterocycles. The van der Waals surface area contributed by atoms with E-state index in [4.69, 9.17) is 5.73 Å². The zero-order chi connectivity index (χ0) is 17.1. The van der Waals surface area contributed by atoms with Gasteiger partial charge in [0.1, 0.15) is 5.57 Å². The molecular formula is C19H15N3O2S. The Kier molecular flexibility index (Phi) is 3.14. The molecule has 1 aliphatic carbocycles. The molecule has 5 nitrogen and oxygen atoms in total. The molecule has 1 unspecified atom stereocenters. The van der Waals surface area contributed by atoms with Crippen LogP contribution in [0.15, 0.2) is 40.9 Å². The molecule has 0 bridgehead atoms. The third-order valence-electron chi connectivity index (χ3n) is 5.04. The second-order valence-electron chi connectivity index (χ2n) is 6.39. The first-order valence-electron chi connectivity index (χ1n) is 8.22. The van der Waals surface area contributed by atoms with Crippen molar-refractivity contribution in [2.45, 2.75) is 6.04 Å². The molecule has 2 aromatic rings. The summed E-state index contributed by atoms with van der Waals surface area (Å²) in [4.78, 5) is 28.4. The summed E-state index contributed by atoms with van der Waals surface area (Å²) in [5.41, 5.74) is 9.73. The van der Waals surface area contributed by atoms with Gasteiger partial charge in [-0.15, -0.1) is 0 Å². The van der Waals surface area contributed by atoms with Crippen LogP contribution in [-0.2, 0) is 9.59 Å². The average molecular weight is 349 g/mol. The highest BCUT2D eigenvalue weighted by Crippen LogP contribution is 2.46. The first kappa shape index (κ1) is 14.9. The molecule has 25 heavy (non-hydrogen) atoms. The topological polar surface area (TPSA) is 84.6 Å². The van der Waals surface area contributed by atoms with Crippen LogP contribution in [0, 0.1) is 0 Å². The summed E-state index contributed by atoms with van der Waals surface area (Å²) in [6.45, 7) is 0.941. The van der Waals surface area contributed by atoms with Crippen molar-refractivity contribution in [3.05, 3.63) is 52.6 Å². The van der Waals surface area contributed by atoms with Gasteiger partial charge in [-0.1, -0.05) is 30.3 Å². The van der Waals surface area contributed by atoms with Crippen LogP contribution in [0.25, 0.3) is 16.3 Å². The Hall–Kier alpha value is -2.44. The number of fused-ring (bicyclic) bond motifs is 3. The predicted octanol–water partition coefficient (Wildman–Crippen LogP) is 1.80. The van der Waals surface area contributed by atoms with E-state index in [9.17, 15) is 9.59 Å². The number of carbonyl (C=O) groups excluding carboxylic acids is 2. The average Bonchev–Trinajstić information content (AvgIpc) is 3.12. The Labute approximate surface area is 148 Å². The number of thioether (sulfide) groups is 1. The SMILES string of the molecule is NC(=O)C1=C2C(=NC1=O)c1cccc3ccc(C4CSCCN4)c2c13. The molecule has 0 aromatic heterocycles. The highest BCUT2D eigenvalue weighted by atomic mass is 32.2. The molecule has 3 N–H and O–H groups in total. The van der Waals surface area contributed by atoms with Crippen LogP contribution in [0.1, 0.15) is 22.7 Å². The third-order valence-corrected chi connectivity index (χ3v) is 6.10. The number of nitrogens with two attached hydrogens (primary N) is 1. The fraction of sp³-hybridized carbons (Fsp3) is 0.211. The smallest absolute Gasteiger partial charge is 0.283 e. The summed E-state index contributed by atoms with van der Waals surface area (Å²) in [7, 11) is 0. The number of amides is 2. The van der Waals surface area contributed by atoms with Crippen LogP contribution in [0.4, 0.5) is 0 Å². The van der Waals surface area contributed by atoms with Crippen molar-refractivity contribution in [3.8, 4) is 0 Å². The van der Waals surface area contributed by atoms with E-state index < -0.39 is 11.8 Å². The van der Waals surface area contributed by atoms with Crippen molar-refractivity contribution in [2.24, 2.45) is 10.7 Å². The Bertz CT molecular complexity index is 1030. The number of allylic oxidation sites excluding steroid dienone is 1. The molecule has 3 aliphatic rings.